The first kappa shape index (κ1) is 18.5. The Bertz CT molecular complexity index is 817. The predicted molar refractivity (Wildman–Crippen MR) is 91.7 cm³/mol. The fraction of sp³-hybridized carbons (Fsp3) is 0.312. The molecule has 0 saturated heterocycles. The maximum absolute atomic E-state index is 12.4. The van der Waals surface area contributed by atoms with E-state index in [0.29, 0.717) is 6.42 Å². The van der Waals surface area contributed by atoms with Crippen LogP contribution in [0.25, 0.3) is 0 Å². The number of nitrogens with zero attached hydrogens (tertiary/aromatic N) is 1. The number of carbonyl (C=O) groups is 1. The van der Waals surface area contributed by atoms with E-state index in [2.05, 4.69) is 5.32 Å². The SMILES string of the molecule is CC(Cc1ccco1)NC(=O)c1cc(S(=O)(=O)N(C)C)ccc1Cl. The van der Waals surface area contributed by atoms with Crippen LogP contribution in [0.2, 0.25) is 5.02 Å². The quantitative estimate of drug-likeness (QED) is 0.847. The number of sulfonamides is 1. The third-order valence-corrected chi connectivity index (χ3v) is 5.57. The van der Waals surface area contributed by atoms with E-state index < -0.39 is 15.9 Å². The summed E-state index contributed by atoms with van der Waals surface area (Å²) in [6.07, 6.45) is 2.09. The van der Waals surface area contributed by atoms with Crippen LogP contribution < -0.4 is 5.32 Å². The number of rotatable bonds is 6. The summed E-state index contributed by atoms with van der Waals surface area (Å²) in [6, 6.07) is 7.46. The highest BCUT2D eigenvalue weighted by Crippen LogP contribution is 2.22. The Morgan fingerprint density at radius 2 is 2.04 bits per heavy atom. The van der Waals surface area contributed by atoms with Crippen LogP contribution in [-0.4, -0.2) is 38.8 Å². The summed E-state index contributed by atoms with van der Waals surface area (Å²) in [6.45, 7) is 1.83. The summed E-state index contributed by atoms with van der Waals surface area (Å²) in [5, 5.41) is 2.98. The molecule has 1 N–H and O–H groups in total. The molecule has 1 aromatic carbocycles. The van der Waals surface area contributed by atoms with Crippen molar-refractivity contribution in [3.63, 3.8) is 0 Å². The van der Waals surface area contributed by atoms with Crippen molar-refractivity contribution in [3.8, 4) is 0 Å². The Labute approximate surface area is 146 Å². The lowest BCUT2D eigenvalue weighted by Crippen LogP contribution is -2.34. The van der Waals surface area contributed by atoms with Crippen molar-refractivity contribution < 1.29 is 17.6 Å². The number of hydrogen-bond donors (Lipinski definition) is 1. The van der Waals surface area contributed by atoms with Crippen LogP contribution in [0.1, 0.15) is 23.0 Å². The van der Waals surface area contributed by atoms with Crippen molar-refractivity contribution in [2.45, 2.75) is 24.3 Å². The predicted octanol–water partition coefficient (Wildman–Crippen LogP) is 2.54. The van der Waals surface area contributed by atoms with E-state index in [9.17, 15) is 13.2 Å². The van der Waals surface area contributed by atoms with Crippen LogP contribution >= 0.6 is 11.6 Å². The molecular formula is C16H19ClN2O4S. The van der Waals surface area contributed by atoms with Gasteiger partial charge in [0.05, 0.1) is 21.7 Å². The molecule has 24 heavy (non-hydrogen) atoms. The number of halogens is 1. The molecule has 1 aromatic heterocycles. The summed E-state index contributed by atoms with van der Waals surface area (Å²) >= 11 is 6.06. The Morgan fingerprint density at radius 3 is 2.62 bits per heavy atom. The molecule has 0 bridgehead atoms. The molecule has 6 nitrogen and oxygen atoms in total. The lowest BCUT2D eigenvalue weighted by atomic mass is 10.1. The van der Waals surface area contributed by atoms with Gasteiger partial charge < -0.3 is 9.73 Å². The molecule has 0 aliphatic heterocycles. The molecule has 0 aliphatic carbocycles. The number of amides is 1. The van der Waals surface area contributed by atoms with E-state index in [4.69, 9.17) is 16.0 Å². The summed E-state index contributed by atoms with van der Waals surface area (Å²) in [4.78, 5) is 12.4. The maximum atomic E-state index is 12.4. The molecule has 1 amide bonds. The monoisotopic (exact) mass is 370 g/mol. The van der Waals surface area contributed by atoms with Crippen molar-refractivity contribution >= 4 is 27.5 Å². The minimum Gasteiger partial charge on any atom is -0.469 e. The van der Waals surface area contributed by atoms with Crippen LogP contribution in [-0.2, 0) is 16.4 Å². The Morgan fingerprint density at radius 1 is 1.33 bits per heavy atom. The standard InChI is InChI=1S/C16H19ClN2O4S/c1-11(9-12-5-4-8-23-12)18-16(20)14-10-13(6-7-15(14)17)24(21,22)19(2)3/h4-8,10-11H,9H2,1-3H3,(H,18,20). The van der Waals surface area contributed by atoms with Gasteiger partial charge in [0.15, 0.2) is 0 Å². The third-order valence-electron chi connectivity index (χ3n) is 3.43. The number of benzene rings is 1. The molecule has 1 heterocycles. The van der Waals surface area contributed by atoms with E-state index in [1.165, 1.54) is 32.3 Å². The van der Waals surface area contributed by atoms with Gasteiger partial charge in [0.25, 0.3) is 5.91 Å². The molecule has 8 heteroatoms. The summed E-state index contributed by atoms with van der Waals surface area (Å²) in [5.74, 6) is 0.313. The number of nitrogens with one attached hydrogen (secondary N) is 1. The van der Waals surface area contributed by atoms with Gasteiger partial charge in [-0.1, -0.05) is 11.6 Å². The zero-order valence-electron chi connectivity index (χ0n) is 13.6. The number of hydrogen-bond acceptors (Lipinski definition) is 4. The molecule has 0 aliphatic rings. The second-order valence-electron chi connectivity index (χ2n) is 5.59. The molecule has 0 spiro atoms. The molecule has 130 valence electrons. The molecule has 1 atom stereocenters. The average Bonchev–Trinajstić information content (AvgIpc) is 2.99. The smallest absolute Gasteiger partial charge is 0.253 e. The largest absolute Gasteiger partial charge is 0.469 e. The van der Waals surface area contributed by atoms with Gasteiger partial charge in [-0.05, 0) is 37.3 Å². The van der Waals surface area contributed by atoms with Crippen LogP contribution in [0.15, 0.2) is 45.9 Å². The average molecular weight is 371 g/mol. The first-order valence-electron chi connectivity index (χ1n) is 7.27. The van der Waals surface area contributed by atoms with E-state index >= 15 is 0 Å². The van der Waals surface area contributed by atoms with Gasteiger partial charge in [-0.3, -0.25) is 4.79 Å². The number of carbonyl (C=O) groups excluding carboxylic acids is 1. The van der Waals surface area contributed by atoms with Gasteiger partial charge in [-0.25, -0.2) is 12.7 Å². The lowest BCUT2D eigenvalue weighted by Gasteiger charge is -2.15. The third kappa shape index (κ3) is 4.17. The Balaban J connectivity index is 2.20. The molecule has 0 saturated carbocycles. The highest BCUT2D eigenvalue weighted by atomic mass is 35.5. The highest BCUT2D eigenvalue weighted by Gasteiger charge is 2.21. The zero-order valence-corrected chi connectivity index (χ0v) is 15.2. The Hall–Kier alpha value is -1.83. The van der Waals surface area contributed by atoms with E-state index in [0.717, 1.165) is 10.1 Å². The van der Waals surface area contributed by atoms with Crippen LogP contribution in [0.3, 0.4) is 0 Å². The molecule has 0 fully saturated rings. The van der Waals surface area contributed by atoms with Crippen LogP contribution in [0.4, 0.5) is 0 Å². The first-order valence-corrected chi connectivity index (χ1v) is 9.09. The molecule has 2 rings (SSSR count). The molecule has 1 unspecified atom stereocenters. The van der Waals surface area contributed by atoms with Crippen molar-refractivity contribution in [2.75, 3.05) is 14.1 Å². The normalized spacial score (nSPS) is 13.0. The lowest BCUT2D eigenvalue weighted by molar-refractivity contribution is 0.0939. The van der Waals surface area contributed by atoms with Gasteiger partial charge >= 0.3 is 0 Å². The second-order valence-corrected chi connectivity index (χ2v) is 8.15. The fourth-order valence-corrected chi connectivity index (χ4v) is 3.26. The molecular weight excluding hydrogens is 352 g/mol. The van der Waals surface area contributed by atoms with Crippen molar-refractivity contribution in [2.24, 2.45) is 0 Å². The van der Waals surface area contributed by atoms with Crippen LogP contribution in [0.5, 0.6) is 0 Å². The van der Waals surface area contributed by atoms with E-state index in [1.54, 1.807) is 12.3 Å². The minimum atomic E-state index is -3.64. The van der Waals surface area contributed by atoms with Crippen molar-refractivity contribution in [3.05, 3.63) is 52.9 Å². The van der Waals surface area contributed by atoms with E-state index in [1.807, 2.05) is 13.0 Å². The summed E-state index contributed by atoms with van der Waals surface area (Å²) in [7, 11) is -0.788. The zero-order chi connectivity index (χ0) is 17.9. The van der Waals surface area contributed by atoms with Gasteiger partial charge in [0.1, 0.15) is 5.76 Å². The Kier molecular flexibility index (Phi) is 5.69. The van der Waals surface area contributed by atoms with Crippen molar-refractivity contribution in [1.29, 1.82) is 0 Å². The van der Waals surface area contributed by atoms with Gasteiger partial charge in [0.2, 0.25) is 10.0 Å². The van der Waals surface area contributed by atoms with E-state index in [-0.39, 0.29) is 21.5 Å². The fourth-order valence-electron chi connectivity index (χ4n) is 2.13. The van der Waals surface area contributed by atoms with Gasteiger partial charge in [-0.15, -0.1) is 0 Å². The van der Waals surface area contributed by atoms with Crippen molar-refractivity contribution in [1.82, 2.24) is 9.62 Å². The van der Waals surface area contributed by atoms with Gasteiger partial charge in [-0.2, -0.15) is 0 Å². The maximum Gasteiger partial charge on any atom is 0.253 e. The molecule has 2 aromatic rings. The minimum absolute atomic E-state index is 0.0146. The van der Waals surface area contributed by atoms with Gasteiger partial charge in [0, 0.05) is 26.6 Å². The number of furan rings is 1. The molecule has 0 radical (unpaired) electrons. The summed E-state index contributed by atoms with van der Waals surface area (Å²) in [5.41, 5.74) is 0.117. The second kappa shape index (κ2) is 7.38. The summed E-state index contributed by atoms with van der Waals surface area (Å²) < 4.78 is 30.7. The van der Waals surface area contributed by atoms with Crippen LogP contribution in [0, 0.1) is 0 Å². The first-order chi connectivity index (χ1) is 11.2. The highest BCUT2D eigenvalue weighted by molar-refractivity contribution is 7.89. The topological polar surface area (TPSA) is 79.6 Å².